The van der Waals surface area contributed by atoms with E-state index >= 15 is 0 Å². The van der Waals surface area contributed by atoms with Crippen LogP contribution in [0.25, 0.3) is 0 Å². The number of hydrogen-bond donors (Lipinski definition) is 1. The molecule has 3 aromatic rings. The van der Waals surface area contributed by atoms with Crippen LogP contribution in [-0.2, 0) is 16.0 Å². The summed E-state index contributed by atoms with van der Waals surface area (Å²) in [5.41, 5.74) is 2.91. The van der Waals surface area contributed by atoms with E-state index in [-0.39, 0.29) is 11.5 Å². The number of hydrogen-bond acceptors (Lipinski definition) is 4. The van der Waals surface area contributed by atoms with Crippen LogP contribution in [0.3, 0.4) is 0 Å². The van der Waals surface area contributed by atoms with Gasteiger partial charge in [-0.15, -0.1) is 0 Å². The molecule has 0 spiro atoms. The van der Waals surface area contributed by atoms with E-state index in [1.165, 1.54) is 16.7 Å². The lowest BCUT2D eigenvalue weighted by molar-refractivity contribution is -0.117. The van der Waals surface area contributed by atoms with Crippen molar-refractivity contribution < 1.29 is 9.59 Å². The van der Waals surface area contributed by atoms with Gasteiger partial charge in [-0.25, -0.2) is 0 Å². The Morgan fingerprint density at radius 1 is 1.06 bits per heavy atom. The molecule has 5 nitrogen and oxygen atoms in total. The van der Waals surface area contributed by atoms with Crippen molar-refractivity contribution in [2.24, 2.45) is 0 Å². The molecule has 0 saturated carbocycles. The van der Waals surface area contributed by atoms with Gasteiger partial charge in [-0.3, -0.25) is 14.5 Å². The zero-order valence-corrected chi connectivity index (χ0v) is 20.4. The molecule has 1 N–H and O–H groups in total. The third-order valence-electron chi connectivity index (χ3n) is 5.23. The van der Waals surface area contributed by atoms with Crippen molar-refractivity contribution in [3.05, 3.63) is 105 Å². The molecule has 0 aromatic heterocycles. The number of rotatable bonds is 5. The monoisotopic (exact) mass is 507 g/mol. The fourth-order valence-electron chi connectivity index (χ4n) is 3.51. The summed E-state index contributed by atoms with van der Waals surface area (Å²) in [4.78, 5) is 28.0. The first-order chi connectivity index (χ1) is 16.4. The molecule has 1 heterocycles. The number of carbonyl (C=O) groups excluding carboxylic acids is 2. The molecule has 1 fully saturated rings. The molecule has 1 saturated heterocycles. The van der Waals surface area contributed by atoms with Crippen molar-refractivity contribution in [1.29, 1.82) is 5.26 Å². The Morgan fingerprint density at radius 3 is 2.41 bits per heavy atom. The molecular formula is C26H19Cl2N3O2S. The number of benzene rings is 3. The summed E-state index contributed by atoms with van der Waals surface area (Å²) in [6, 6.07) is 23.5. The van der Waals surface area contributed by atoms with Crippen molar-refractivity contribution in [2.45, 2.75) is 18.6 Å². The van der Waals surface area contributed by atoms with Crippen LogP contribution in [-0.4, -0.2) is 17.1 Å². The number of aryl methyl sites for hydroxylation is 1. The number of nitriles is 1. The van der Waals surface area contributed by atoms with Crippen molar-refractivity contribution in [1.82, 2.24) is 0 Å². The summed E-state index contributed by atoms with van der Waals surface area (Å²) in [6.07, 6.45) is 0.367. The molecule has 0 radical (unpaired) electrons. The number of para-hydroxylation sites is 1. The second-order valence-corrected chi connectivity index (χ2v) is 9.69. The molecule has 170 valence electrons. The van der Waals surface area contributed by atoms with Gasteiger partial charge in [-0.2, -0.15) is 5.26 Å². The van der Waals surface area contributed by atoms with Gasteiger partial charge < -0.3 is 5.32 Å². The summed E-state index contributed by atoms with van der Waals surface area (Å²) in [5.74, 6) is -0.786. The number of carbonyl (C=O) groups is 2. The minimum absolute atomic E-state index is 0.126. The molecule has 1 unspecified atom stereocenters. The largest absolute Gasteiger partial charge is 0.321 e. The molecule has 1 aliphatic heterocycles. The first-order valence-corrected chi connectivity index (χ1v) is 12.0. The highest BCUT2D eigenvalue weighted by Crippen LogP contribution is 2.42. The maximum atomic E-state index is 13.5. The van der Waals surface area contributed by atoms with Crippen LogP contribution in [0, 0.1) is 18.3 Å². The van der Waals surface area contributed by atoms with Gasteiger partial charge in [0.2, 0.25) is 5.91 Å². The minimum atomic E-state index is -0.572. The highest BCUT2D eigenvalue weighted by molar-refractivity contribution is 8.05. The maximum absolute atomic E-state index is 13.5. The molecule has 34 heavy (non-hydrogen) atoms. The summed E-state index contributed by atoms with van der Waals surface area (Å²) in [7, 11) is 0. The van der Waals surface area contributed by atoms with Gasteiger partial charge >= 0.3 is 0 Å². The Balaban J connectivity index is 1.70. The lowest BCUT2D eigenvalue weighted by Gasteiger charge is -2.18. The van der Waals surface area contributed by atoms with Crippen LogP contribution in [0.2, 0.25) is 10.0 Å². The summed E-state index contributed by atoms with van der Waals surface area (Å²) in [6.45, 7) is 1.95. The number of thioether (sulfide) groups is 1. The van der Waals surface area contributed by atoms with Gasteiger partial charge in [0.1, 0.15) is 16.7 Å². The standard InChI is InChI=1S/C26H19Cl2N3O2S/c1-16-7-10-18(11-8-16)30-24(32)20(15-29)26-31(19-5-3-2-4-6-19)25(33)23(34-26)14-17-9-12-21(27)22(28)13-17/h2-13,23H,14H2,1H3,(H,30,32). The van der Waals surface area contributed by atoms with E-state index in [2.05, 4.69) is 5.32 Å². The third-order valence-corrected chi connectivity index (χ3v) is 7.24. The Kier molecular flexibility index (Phi) is 7.28. The molecule has 0 bridgehead atoms. The zero-order chi connectivity index (χ0) is 24.2. The molecular weight excluding hydrogens is 489 g/mol. The molecule has 3 aromatic carbocycles. The van der Waals surface area contributed by atoms with Crippen molar-refractivity contribution in [3.8, 4) is 6.07 Å². The quantitative estimate of drug-likeness (QED) is 0.321. The van der Waals surface area contributed by atoms with Crippen molar-refractivity contribution >= 4 is 58.2 Å². The zero-order valence-electron chi connectivity index (χ0n) is 18.1. The fourth-order valence-corrected chi connectivity index (χ4v) is 5.14. The lowest BCUT2D eigenvalue weighted by Crippen LogP contribution is -2.30. The molecule has 1 atom stereocenters. The summed E-state index contributed by atoms with van der Waals surface area (Å²) < 4.78 is 0. The third kappa shape index (κ3) is 5.13. The van der Waals surface area contributed by atoms with Crippen molar-refractivity contribution in [2.75, 3.05) is 10.2 Å². The number of amides is 2. The van der Waals surface area contributed by atoms with Gasteiger partial charge in [0.15, 0.2) is 0 Å². The number of halogens is 2. The van der Waals surface area contributed by atoms with Crippen LogP contribution >= 0.6 is 35.0 Å². The van der Waals surface area contributed by atoms with E-state index in [0.29, 0.717) is 32.9 Å². The van der Waals surface area contributed by atoms with Crippen LogP contribution in [0.15, 0.2) is 83.4 Å². The first-order valence-electron chi connectivity index (χ1n) is 10.4. The summed E-state index contributed by atoms with van der Waals surface area (Å²) in [5, 5.41) is 13.3. The Bertz CT molecular complexity index is 1320. The first kappa shape index (κ1) is 23.9. The Labute approximate surface area is 212 Å². The highest BCUT2D eigenvalue weighted by Gasteiger charge is 2.40. The predicted octanol–water partition coefficient (Wildman–Crippen LogP) is 6.37. The molecule has 1 aliphatic rings. The van der Waals surface area contributed by atoms with E-state index in [0.717, 1.165) is 11.1 Å². The van der Waals surface area contributed by atoms with Crippen LogP contribution < -0.4 is 10.2 Å². The summed E-state index contributed by atoms with van der Waals surface area (Å²) >= 11 is 13.4. The van der Waals surface area contributed by atoms with Gasteiger partial charge in [0.25, 0.3) is 5.91 Å². The van der Waals surface area contributed by atoms with Gasteiger partial charge in [0, 0.05) is 11.4 Å². The second kappa shape index (κ2) is 10.4. The van der Waals surface area contributed by atoms with Gasteiger partial charge in [-0.1, -0.05) is 76.9 Å². The average molecular weight is 508 g/mol. The predicted molar refractivity (Wildman–Crippen MR) is 138 cm³/mol. The molecule has 2 amide bonds. The van der Waals surface area contributed by atoms with Crippen molar-refractivity contribution in [3.63, 3.8) is 0 Å². The van der Waals surface area contributed by atoms with E-state index < -0.39 is 11.2 Å². The second-order valence-electron chi connectivity index (χ2n) is 7.68. The number of nitrogens with zero attached hydrogens (tertiary/aromatic N) is 2. The normalized spacial score (nSPS) is 16.8. The molecule has 8 heteroatoms. The van der Waals surface area contributed by atoms with E-state index in [9.17, 15) is 14.9 Å². The van der Waals surface area contributed by atoms with E-state index in [1.807, 2.05) is 37.3 Å². The Hall–Kier alpha value is -3.24. The lowest BCUT2D eigenvalue weighted by atomic mass is 10.1. The van der Waals surface area contributed by atoms with Crippen LogP contribution in [0.1, 0.15) is 11.1 Å². The number of nitrogens with one attached hydrogen (secondary N) is 1. The SMILES string of the molecule is Cc1ccc(NC(=O)C(C#N)=C2SC(Cc3ccc(Cl)c(Cl)c3)C(=O)N2c2ccccc2)cc1. The number of anilines is 2. The van der Waals surface area contributed by atoms with Crippen LogP contribution in [0.4, 0.5) is 11.4 Å². The average Bonchev–Trinajstić information content (AvgIpc) is 3.14. The van der Waals surface area contributed by atoms with Gasteiger partial charge in [-0.05, 0) is 55.3 Å². The van der Waals surface area contributed by atoms with Crippen LogP contribution in [0.5, 0.6) is 0 Å². The Morgan fingerprint density at radius 2 is 1.76 bits per heavy atom. The molecule has 4 rings (SSSR count). The maximum Gasteiger partial charge on any atom is 0.269 e. The fraction of sp³-hybridized carbons (Fsp3) is 0.115. The topological polar surface area (TPSA) is 73.2 Å². The van der Waals surface area contributed by atoms with E-state index in [1.54, 1.807) is 48.5 Å². The van der Waals surface area contributed by atoms with Gasteiger partial charge in [0.05, 0.1) is 15.3 Å². The van der Waals surface area contributed by atoms with E-state index in [4.69, 9.17) is 23.2 Å². The highest BCUT2D eigenvalue weighted by atomic mass is 35.5. The minimum Gasteiger partial charge on any atom is -0.321 e. The smallest absolute Gasteiger partial charge is 0.269 e. The molecule has 0 aliphatic carbocycles.